The fourth-order valence-corrected chi connectivity index (χ4v) is 4.98. The minimum Gasteiger partial charge on any atom is -0.347 e. The summed E-state index contributed by atoms with van der Waals surface area (Å²) in [5.74, 6) is 0.626. The lowest BCUT2D eigenvalue weighted by atomic mass is 9.95. The number of halogens is 1. The summed E-state index contributed by atoms with van der Waals surface area (Å²) in [5.41, 5.74) is 2.30. The molecule has 146 valence electrons. The molecular weight excluding hydrogens is 386 g/mol. The topological polar surface area (TPSA) is 74.0 Å². The largest absolute Gasteiger partial charge is 0.347 e. The second kappa shape index (κ2) is 6.78. The van der Waals surface area contributed by atoms with Crippen LogP contribution in [0, 0.1) is 18.4 Å². The molecule has 0 radical (unpaired) electrons. The first-order valence-corrected chi connectivity index (χ1v) is 10.2. The summed E-state index contributed by atoms with van der Waals surface area (Å²) < 4.78 is 1.97. The predicted octanol–water partition coefficient (Wildman–Crippen LogP) is 3.80. The molecule has 0 aliphatic carbocycles. The molecule has 0 saturated carbocycles. The molecular formula is C22H20ClN5O. The molecule has 6 nitrogen and oxygen atoms in total. The summed E-state index contributed by atoms with van der Waals surface area (Å²) in [6, 6.07) is 11.8. The zero-order chi connectivity index (χ0) is 20.1. The molecule has 0 spiro atoms. The second-order valence-corrected chi connectivity index (χ2v) is 8.24. The highest BCUT2D eigenvalue weighted by atomic mass is 35.5. The van der Waals surface area contributed by atoms with Crippen molar-refractivity contribution in [2.45, 2.75) is 44.3 Å². The van der Waals surface area contributed by atoms with Crippen molar-refractivity contribution >= 4 is 28.4 Å². The van der Waals surface area contributed by atoms with Gasteiger partial charge in [0, 0.05) is 23.3 Å². The number of hydrogen-bond donors (Lipinski definition) is 1. The number of rotatable bonds is 3. The first-order valence-electron chi connectivity index (χ1n) is 9.79. The van der Waals surface area contributed by atoms with Gasteiger partial charge in [0.05, 0.1) is 28.2 Å². The van der Waals surface area contributed by atoms with Gasteiger partial charge >= 0.3 is 0 Å². The predicted molar refractivity (Wildman–Crippen MR) is 111 cm³/mol. The average Bonchev–Trinajstić information content (AvgIpc) is 3.38. The third-order valence-electron chi connectivity index (χ3n) is 6.11. The Kier molecular flexibility index (Phi) is 4.21. The van der Waals surface area contributed by atoms with Crippen LogP contribution in [0.3, 0.4) is 0 Å². The second-order valence-electron chi connectivity index (χ2n) is 7.84. The molecule has 1 aromatic carbocycles. The van der Waals surface area contributed by atoms with Crippen LogP contribution in [0.25, 0.3) is 16.7 Å². The van der Waals surface area contributed by atoms with Crippen LogP contribution in [0.1, 0.15) is 35.3 Å². The molecule has 7 heteroatoms. The van der Waals surface area contributed by atoms with Crippen molar-refractivity contribution in [1.29, 1.82) is 5.26 Å². The third kappa shape index (κ3) is 2.93. The maximum Gasteiger partial charge on any atom is 0.253 e. The minimum absolute atomic E-state index is 0.00578. The number of carbonyl (C=O) groups excluding carboxylic acids is 1. The van der Waals surface area contributed by atoms with Gasteiger partial charge in [-0.2, -0.15) is 5.26 Å². The van der Waals surface area contributed by atoms with E-state index >= 15 is 0 Å². The number of aryl methyl sites for hydroxylation is 1. The van der Waals surface area contributed by atoms with Crippen LogP contribution in [0.15, 0.2) is 42.6 Å². The lowest BCUT2D eigenvalue weighted by Crippen LogP contribution is -2.43. The van der Waals surface area contributed by atoms with E-state index in [-0.39, 0.29) is 24.0 Å². The number of amides is 1. The van der Waals surface area contributed by atoms with Crippen LogP contribution in [-0.2, 0) is 0 Å². The number of aromatic nitrogens is 2. The first kappa shape index (κ1) is 18.0. The van der Waals surface area contributed by atoms with E-state index in [0.29, 0.717) is 10.6 Å². The van der Waals surface area contributed by atoms with Gasteiger partial charge in [-0.15, -0.1) is 0 Å². The van der Waals surface area contributed by atoms with Gasteiger partial charge in [0.2, 0.25) is 0 Å². The van der Waals surface area contributed by atoms with Crippen molar-refractivity contribution in [1.82, 2.24) is 19.8 Å². The van der Waals surface area contributed by atoms with Gasteiger partial charge in [-0.05, 0) is 56.5 Å². The highest BCUT2D eigenvalue weighted by Gasteiger charge is 2.46. The Balaban J connectivity index is 1.43. The summed E-state index contributed by atoms with van der Waals surface area (Å²) in [7, 11) is 0. The Morgan fingerprint density at radius 3 is 2.93 bits per heavy atom. The lowest BCUT2D eigenvalue weighted by molar-refractivity contribution is 0.0928. The average molecular weight is 406 g/mol. The number of pyridine rings is 1. The van der Waals surface area contributed by atoms with Crippen molar-refractivity contribution in [3.05, 3.63) is 58.9 Å². The smallest absolute Gasteiger partial charge is 0.253 e. The summed E-state index contributed by atoms with van der Waals surface area (Å²) >= 11 is 6.51. The molecule has 29 heavy (non-hydrogen) atoms. The quantitative estimate of drug-likeness (QED) is 0.672. The Hall–Kier alpha value is -3.04. The maximum atomic E-state index is 12.9. The molecule has 4 heterocycles. The molecule has 2 aliphatic rings. The Labute approximate surface area is 173 Å². The molecule has 0 unspecified atom stereocenters. The van der Waals surface area contributed by atoms with E-state index < -0.39 is 0 Å². The van der Waals surface area contributed by atoms with Gasteiger partial charge in [0.15, 0.2) is 6.19 Å². The number of nitrogens with one attached hydrogen (secondary N) is 1. The van der Waals surface area contributed by atoms with Crippen LogP contribution < -0.4 is 5.32 Å². The first-order chi connectivity index (χ1) is 14.0. The normalized spacial score (nSPS) is 22.8. The van der Waals surface area contributed by atoms with E-state index in [1.54, 1.807) is 0 Å². The molecule has 2 fully saturated rings. The molecule has 3 atom stereocenters. The third-order valence-corrected chi connectivity index (χ3v) is 6.43. The van der Waals surface area contributed by atoms with Crippen molar-refractivity contribution in [2.75, 3.05) is 0 Å². The van der Waals surface area contributed by atoms with E-state index in [2.05, 4.69) is 16.5 Å². The maximum absolute atomic E-state index is 12.9. The van der Waals surface area contributed by atoms with Crippen molar-refractivity contribution in [2.24, 2.45) is 0 Å². The fraction of sp³-hybridized carbons (Fsp3) is 0.318. The number of hydrogen-bond acceptors (Lipinski definition) is 4. The zero-order valence-electron chi connectivity index (χ0n) is 16.0. The van der Waals surface area contributed by atoms with E-state index in [9.17, 15) is 10.1 Å². The number of nitrogens with zero attached hydrogens (tertiary/aromatic N) is 4. The van der Waals surface area contributed by atoms with Crippen LogP contribution in [-0.4, -0.2) is 38.5 Å². The van der Waals surface area contributed by atoms with Crippen LogP contribution in [0.5, 0.6) is 0 Å². The molecule has 2 saturated heterocycles. The van der Waals surface area contributed by atoms with Crippen LogP contribution in [0.2, 0.25) is 5.02 Å². The van der Waals surface area contributed by atoms with Crippen molar-refractivity contribution < 1.29 is 4.79 Å². The SMILES string of the molecule is Cc1cccc(-n2ccc3cc(C(=O)N[C@@H]4C[C@@H]5CC[C@H]4N5C#N)c(Cl)cc32)n1. The van der Waals surface area contributed by atoms with Crippen LogP contribution >= 0.6 is 11.6 Å². The van der Waals surface area contributed by atoms with Crippen molar-refractivity contribution in [3.63, 3.8) is 0 Å². The van der Waals surface area contributed by atoms with E-state index in [1.165, 1.54) is 0 Å². The highest BCUT2D eigenvalue weighted by molar-refractivity contribution is 6.34. The molecule has 5 rings (SSSR count). The zero-order valence-corrected chi connectivity index (χ0v) is 16.7. The number of fused-ring (bicyclic) bond motifs is 3. The molecule has 2 bridgehead atoms. The Bertz CT molecular complexity index is 1160. The lowest BCUT2D eigenvalue weighted by Gasteiger charge is -2.22. The van der Waals surface area contributed by atoms with E-state index in [4.69, 9.17) is 11.6 Å². The Morgan fingerprint density at radius 1 is 1.31 bits per heavy atom. The molecule has 2 aliphatic heterocycles. The molecule has 1 amide bonds. The number of nitriles is 1. The van der Waals surface area contributed by atoms with E-state index in [0.717, 1.165) is 41.7 Å². The van der Waals surface area contributed by atoms with Gasteiger partial charge < -0.3 is 14.8 Å². The Morgan fingerprint density at radius 2 is 2.17 bits per heavy atom. The summed E-state index contributed by atoms with van der Waals surface area (Å²) in [6.07, 6.45) is 7.00. The van der Waals surface area contributed by atoms with E-state index in [1.807, 2.05) is 59.0 Å². The van der Waals surface area contributed by atoms with Gasteiger partial charge in [0.25, 0.3) is 5.91 Å². The van der Waals surface area contributed by atoms with Gasteiger partial charge in [0.1, 0.15) is 5.82 Å². The minimum atomic E-state index is -0.186. The van der Waals surface area contributed by atoms with Gasteiger partial charge in [-0.25, -0.2) is 4.98 Å². The molecule has 2 aromatic heterocycles. The number of benzene rings is 1. The standard InChI is InChI=1S/C22H20ClN5O/c1-13-3-2-4-21(25-13)27-8-7-14-9-16(17(23)11-20(14)27)22(29)26-18-10-15-5-6-19(18)28(15)12-24/h2-4,7-9,11,15,18-19H,5-6,10H2,1H3,(H,26,29)/t15-,18+,19+/m0/s1. The fourth-order valence-electron chi connectivity index (χ4n) is 4.74. The van der Waals surface area contributed by atoms with Gasteiger partial charge in [-0.1, -0.05) is 17.7 Å². The van der Waals surface area contributed by atoms with Crippen LogP contribution in [0.4, 0.5) is 0 Å². The molecule has 1 N–H and O–H groups in total. The highest BCUT2D eigenvalue weighted by Crippen LogP contribution is 2.37. The van der Waals surface area contributed by atoms with Crippen molar-refractivity contribution in [3.8, 4) is 12.0 Å². The summed E-state index contributed by atoms with van der Waals surface area (Å²) in [5, 5.41) is 13.8. The number of carbonyl (C=O) groups is 1. The monoisotopic (exact) mass is 405 g/mol. The summed E-state index contributed by atoms with van der Waals surface area (Å²) in [6.45, 7) is 1.95. The van der Waals surface area contributed by atoms with Gasteiger partial charge in [-0.3, -0.25) is 4.79 Å². The molecule has 3 aromatic rings. The summed E-state index contributed by atoms with van der Waals surface area (Å²) in [4.78, 5) is 19.3.